The van der Waals surface area contributed by atoms with E-state index >= 15 is 0 Å². The Bertz CT molecular complexity index is 354. The van der Waals surface area contributed by atoms with Gasteiger partial charge in [0.1, 0.15) is 5.82 Å². The Balaban J connectivity index is 3.38. The lowest BCUT2D eigenvalue weighted by Crippen LogP contribution is -2.04. The molecule has 1 aromatic carbocycles. The van der Waals surface area contributed by atoms with Crippen molar-refractivity contribution in [3.63, 3.8) is 0 Å². The molecule has 5 heteroatoms. The molecular formula is C8H7BrFNO2. The number of nitrogens with one attached hydrogen (secondary N) is 1. The highest BCUT2D eigenvalue weighted by atomic mass is 79.9. The molecule has 0 aromatic heterocycles. The number of aromatic carboxylic acids is 1. The number of rotatable bonds is 2. The minimum atomic E-state index is -1.16. The molecule has 0 amide bonds. The minimum Gasteiger partial charge on any atom is -0.478 e. The molecule has 0 saturated carbocycles. The zero-order chi connectivity index (χ0) is 10.0. The van der Waals surface area contributed by atoms with Crippen LogP contribution in [0, 0.1) is 5.82 Å². The minimum absolute atomic E-state index is 0.0885. The normalized spacial score (nSPS) is 9.77. The molecule has 0 spiro atoms. The van der Waals surface area contributed by atoms with Crippen molar-refractivity contribution in [1.82, 2.24) is 0 Å². The third-order valence-corrected chi connectivity index (χ3v) is 2.16. The first-order chi connectivity index (χ1) is 6.06. The standard InChI is InChI=1S/C8H7BrFNO2/c1-11-7-5(8(12)13)2-4(10)3-6(7)9/h2-3,11H,1H3,(H,12,13). The van der Waals surface area contributed by atoms with Crippen molar-refractivity contribution in [2.24, 2.45) is 0 Å². The highest BCUT2D eigenvalue weighted by Gasteiger charge is 2.13. The first kappa shape index (κ1) is 9.98. The molecule has 1 rings (SSSR count). The van der Waals surface area contributed by atoms with Crippen LogP contribution in [-0.2, 0) is 0 Å². The summed E-state index contributed by atoms with van der Waals surface area (Å²) in [6, 6.07) is 2.18. The maximum Gasteiger partial charge on any atom is 0.337 e. The molecule has 3 nitrogen and oxygen atoms in total. The largest absolute Gasteiger partial charge is 0.478 e. The van der Waals surface area contributed by atoms with Crippen molar-refractivity contribution in [3.05, 3.63) is 28.0 Å². The van der Waals surface area contributed by atoms with Crippen LogP contribution in [0.2, 0.25) is 0 Å². The van der Waals surface area contributed by atoms with Crippen LogP contribution >= 0.6 is 15.9 Å². The molecule has 0 aliphatic heterocycles. The van der Waals surface area contributed by atoms with Crippen molar-refractivity contribution < 1.29 is 14.3 Å². The topological polar surface area (TPSA) is 49.3 Å². The molecule has 0 unspecified atom stereocenters. The zero-order valence-electron chi connectivity index (χ0n) is 6.77. The van der Waals surface area contributed by atoms with Crippen LogP contribution in [0.3, 0.4) is 0 Å². The van der Waals surface area contributed by atoms with Gasteiger partial charge in [0.15, 0.2) is 0 Å². The Morgan fingerprint density at radius 1 is 1.62 bits per heavy atom. The van der Waals surface area contributed by atoms with Crippen LogP contribution < -0.4 is 5.32 Å². The van der Waals surface area contributed by atoms with Crippen LogP contribution in [0.4, 0.5) is 10.1 Å². The van der Waals surface area contributed by atoms with E-state index in [1.165, 1.54) is 6.07 Å². The summed E-state index contributed by atoms with van der Waals surface area (Å²) in [5.74, 6) is -1.74. The van der Waals surface area contributed by atoms with Gasteiger partial charge < -0.3 is 10.4 Å². The van der Waals surface area contributed by atoms with Crippen molar-refractivity contribution in [2.75, 3.05) is 12.4 Å². The maximum absolute atomic E-state index is 12.8. The SMILES string of the molecule is CNc1c(Br)cc(F)cc1C(=O)O. The molecular weight excluding hydrogens is 241 g/mol. The van der Waals surface area contributed by atoms with E-state index in [2.05, 4.69) is 21.2 Å². The first-order valence-electron chi connectivity index (χ1n) is 3.46. The van der Waals surface area contributed by atoms with Gasteiger partial charge in [-0.25, -0.2) is 9.18 Å². The van der Waals surface area contributed by atoms with Gasteiger partial charge in [-0.05, 0) is 28.1 Å². The second-order valence-electron chi connectivity index (χ2n) is 2.37. The van der Waals surface area contributed by atoms with Crippen LogP contribution in [0.15, 0.2) is 16.6 Å². The number of carboxylic acid groups (broad SMARTS) is 1. The summed E-state index contributed by atoms with van der Waals surface area (Å²) in [7, 11) is 1.57. The number of hydrogen-bond donors (Lipinski definition) is 2. The van der Waals surface area contributed by atoms with Gasteiger partial charge in [0.05, 0.1) is 11.3 Å². The molecule has 0 radical (unpaired) electrons. The molecule has 0 saturated heterocycles. The Hall–Kier alpha value is -1.10. The molecule has 0 fully saturated rings. The van der Waals surface area contributed by atoms with Gasteiger partial charge in [0.2, 0.25) is 0 Å². The number of halogens is 2. The summed E-state index contributed by atoms with van der Waals surface area (Å²) in [6.45, 7) is 0. The lowest BCUT2D eigenvalue weighted by atomic mass is 10.2. The van der Waals surface area contributed by atoms with Gasteiger partial charge in [-0.15, -0.1) is 0 Å². The van der Waals surface area contributed by atoms with E-state index in [4.69, 9.17) is 5.11 Å². The summed E-state index contributed by atoms with van der Waals surface area (Å²) in [4.78, 5) is 10.7. The fourth-order valence-electron chi connectivity index (χ4n) is 0.996. The summed E-state index contributed by atoms with van der Waals surface area (Å²) in [5, 5.41) is 11.4. The van der Waals surface area contributed by atoms with Crippen molar-refractivity contribution in [3.8, 4) is 0 Å². The Labute approximate surface area is 82.7 Å². The lowest BCUT2D eigenvalue weighted by Gasteiger charge is -2.07. The molecule has 0 aliphatic carbocycles. The fourth-order valence-corrected chi connectivity index (χ4v) is 1.63. The first-order valence-corrected chi connectivity index (χ1v) is 4.25. The van der Waals surface area contributed by atoms with E-state index in [1.54, 1.807) is 7.05 Å². The predicted molar refractivity (Wildman–Crippen MR) is 50.6 cm³/mol. The van der Waals surface area contributed by atoms with Gasteiger partial charge in [-0.2, -0.15) is 0 Å². The fraction of sp³-hybridized carbons (Fsp3) is 0.125. The second kappa shape index (κ2) is 3.74. The van der Waals surface area contributed by atoms with Crippen LogP contribution in [0.1, 0.15) is 10.4 Å². The average molecular weight is 248 g/mol. The molecule has 0 bridgehead atoms. The molecule has 2 N–H and O–H groups in total. The van der Waals surface area contributed by atoms with Crippen molar-refractivity contribution >= 4 is 27.6 Å². The molecule has 70 valence electrons. The lowest BCUT2D eigenvalue weighted by molar-refractivity contribution is 0.0697. The average Bonchev–Trinajstić information content (AvgIpc) is 2.02. The summed E-state index contributed by atoms with van der Waals surface area (Å²) >= 11 is 3.06. The number of carboxylic acids is 1. The monoisotopic (exact) mass is 247 g/mol. The number of hydrogen-bond acceptors (Lipinski definition) is 2. The third kappa shape index (κ3) is 1.98. The van der Waals surface area contributed by atoms with Gasteiger partial charge in [0, 0.05) is 11.5 Å². The molecule has 0 atom stereocenters. The summed E-state index contributed by atoms with van der Waals surface area (Å²) in [6.07, 6.45) is 0. The number of benzene rings is 1. The maximum atomic E-state index is 12.8. The number of carbonyl (C=O) groups is 1. The Morgan fingerprint density at radius 3 is 2.69 bits per heavy atom. The van der Waals surface area contributed by atoms with E-state index in [0.29, 0.717) is 10.2 Å². The summed E-state index contributed by atoms with van der Waals surface area (Å²) in [5.41, 5.74) is 0.281. The second-order valence-corrected chi connectivity index (χ2v) is 3.22. The summed E-state index contributed by atoms with van der Waals surface area (Å²) < 4.78 is 13.2. The zero-order valence-corrected chi connectivity index (χ0v) is 8.35. The third-order valence-electron chi connectivity index (χ3n) is 1.54. The smallest absolute Gasteiger partial charge is 0.337 e. The van der Waals surface area contributed by atoms with Gasteiger partial charge in [-0.1, -0.05) is 0 Å². The van der Waals surface area contributed by atoms with E-state index < -0.39 is 11.8 Å². The Morgan fingerprint density at radius 2 is 2.23 bits per heavy atom. The highest BCUT2D eigenvalue weighted by molar-refractivity contribution is 9.10. The van der Waals surface area contributed by atoms with E-state index in [-0.39, 0.29) is 5.56 Å². The highest BCUT2D eigenvalue weighted by Crippen LogP contribution is 2.27. The van der Waals surface area contributed by atoms with E-state index in [0.717, 1.165) is 6.07 Å². The van der Waals surface area contributed by atoms with Crippen LogP contribution in [-0.4, -0.2) is 18.1 Å². The van der Waals surface area contributed by atoms with Crippen LogP contribution in [0.25, 0.3) is 0 Å². The van der Waals surface area contributed by atoms with Crippen molar-refractivity contribution in [2.45, 2.75) is 0 Å². The van der Waals surface area contributed by atoms with Gasteiger partial charge in [-0.3, -0.25) is 0 Å². The number of anilines is 1. The van der Waals surface area contributed by atoms with Gasteiger partial charge in [0.25, 0.3) is 0 Å². The molecule has 1 aromatic rings. The quantitative estimate of drug-likeness (QED) is 0.844. The van der Waals surface area contributed by atoms with E-state index in [9.17, 15) is 9.18 Å². The molecule has 13 heavy (non-hydrogen) atoms. The molecule has 0 heterocycles. The molecule has 0 aliphatic rings. The van der Waals surface area contributed by atoms with Crippen LogP contribution in [0.5, 0.6) is 0 Å². The predicted octanol–water partition coefficient (Wildman–Crippen LogP) is 2.33. The van der Waals surface area contributed by atoms with Gasteiger partial charge >= 0.3 is 5.97 Å². The Kier molecular flexibility index (Phi) is 2.87. The van der Waals surface area contributed by atoms with Crippen molar-refractivity contribution in [1.29, 1.82) is 0 Å². The van der Waals surface area contributed by atoms with E-state index in [1.807, 2.05) is 0 Å².